The Morgan fingerprint density at radius 3 is 2.54 bits per heavy atom. The van der Waals surface area contributed by atoms with Crippen molar-refractivity contribution in [3.8, 4) is 11.5 Å². The van der Waals surface area contributed by atoms with Crippen molar-refractivity contribution in [3.63, 3.8) is 0 Å². The van der Waals surface area contributed by atoms with Gasteiger partial charge < -0.3 is 20.6 Å². The molecule has 0 spiro atoms. The number of thiocarbonyl (C=S) groups is 1. The summed E-state index contributed by atoms with van der Waals surface area (Å²) >= 11 is 11.5. The van der Waals surface area contributed by atoms with E-state index in [9.17, 15) is 15.3 Å². The molecule has 2 fully saturated rings. The van der Waals surface area contributed by atoms with Gasteiger partial charge in [0.05, 0.1) is 11.8 Å². The first-order chi connectivity index (χ1) is 19.7. The standard InChI is InChI=1S/C33H36ClN3O3S/c1-33-15-14-25-26(28(33)12-13-31(33)40)11-4-20-18-30(39)21(16-27(20)25)17-29(19-2-9-24(38)10-3-19)36-37-32(41)35-23-7-5-22(34)6-8-23/h2-3,5-10,16,18,25-26,28,31,38-40H,4,11-15,17H2,1H3,(H2,35,37,41)/b36-29-/t25?,26?,28?,31-,33-/m0/s1. The average molecular weight is 590 g/mol. The number of anilines is 1. The fourth-order valence-electron chi connectivity index (χ4n) is 7.62. The van der Waals surface area contributed by atoms with Gasteiger partial charge in [0.15, 0.2) is 5.11 Å². The van der Waals surface area contributed by atoms with Gasteiger partial charge in [-0.2, -0.15) is 5.10 Å². The molecule has 3 aliphatic rings. The second-order valence-corrected chi connectivity index (χ2v) is 12.9. The molecule has 0 aliphatic heterocycles. The summed E-state index contributed by atoms with van der Waals surface area (Å²) in [6.45, 7) is 2.29. The summed E-state index contributed by atoms with van der Waals surface area (Å²) in [5.41, 5.74) is 8.66. The summed E-state index contributed by atoms with van der Waals surface area (Å²) in [7, 11) is 0. The van der Waals surface area contributed by atoms with Gasteiger partial charge >= 0.3 is 0 Å². The molecule has 5 N–H and O–H groups in total. The Morgan fingerprint density at radius 2 is 1.78 bits per heavy atom. The number of hydrogen-bond acceptors (Lipinski definition) is 5. The number of fused-ring (bicyclic) bond motifs is 5. The molecule has 2 saturated carbocycles. The summed E-state index contributed by atoms with van der Waals surface area (Å²) in [4.78, 5) is 0. The Kier molecular flexibility index (Phi) is 7.70. The van der Waals surface area contributed by atoms with Crippen LogP contribution in [-0.4, -0.2) is 32.2 Å². The predicted molar refractivity (Wildman–Crippen MR) is 168 cm³/mol. The zero-order valence-corrected chi connectivity index (χ0v) is 24.7. The van der Waals surface area contributed by atoms with Crippen LogP contribution in [0.4, 0.5) is 5.69 Å². The Morgan fingerprint density at radius 1 is 1.02 bits per heavy atom. The van der Waals surface area contributed by atoms with Crippen LogP contribution in [0.3, 0.4) is 0 Å². The molecular weight excluding hydrogens is 554 g/mol. The lowest BCUT2D eigenvalue weighted by molar-refractivity contribution is -0.0226. The molecule has 41 heavy (non-hydrogen) atoms. The lowest BCUT2D eigenvalue weighted by Crippen LogP contribution is -2.43. The number of phenolic OH excluding ortho intramolecular Hbond substituents is 2. The minimum atomic E-state index is -0.193. The fraction of sp³-hybridized carbons (Fsp3) is 0.394. The van der Waals surface area contributed by atoms with Crippen LogP contribution in [0.1, 0.15) is 67.2 Å². The van der Waals surface area contributed by atoms with Crippen LogP contribution in [0.25, 0.3) is 0 Å². The van der Waals surface area contributed by atoms with E-state index in [0.717, 1.165) is 55.3 Å². The van der Waals surface area contributed by atoms with Crippen molar-refractivity contribution in [3.05, 3.63) is 87.9 Å². The molecule has 0 radical (unpaired) electrons. The molecule has 0 bridgehead atoms. The summed E-state index contributed by atoms with van der Waals surface area (Å²) in [5.74, 6) is 2.01. The Labute approximate surface area is 251 Å². The van der Waals surface area contributed by atoms with Gasteiger partial charge in [0.2, 0.25) is 0 Å². The van der Waals surface area contributed by atoms with Gasteiger partial charge in [-0.1, -0.05) is 24.6 Å². The number of hydrazone groups is 1. The number of phenols is 2. The van der Waals surface area contributed by atoms with Crippen LogP contribution in [0, 0.1) is 17.3 Å². The number of aliphatic hydroxyl groups excluding tert-OH is 1. The quantitative estimate of drug-likeness (QED) is 0.126. The number of aromatic hydroxyl groups is 2. The molecule has 3 unspecified atom stereocenters. The van der Waals surface area contributed by atoms with Gasteiger partial charge in [0.1, 0.15) is 11.5 Å². The van der Waals surface area contributed by atoms with Crippen molar-refractivity contribution in [2.45, 2.75) is 63.9 Å². The maximum Gasteiger partial charge on any atom is 0.191 e. The number of nitrogens with zero attached hydrogens (tertiary/aromatic N) is 1. The Balaban J connectivity index is 1.27. The van der Waals surface area contributed by atoms with E-state index >= 15 is 0 Å². The number of benzene rings is 3. The van der Waals surface area contributed by atoms with E-state index in [1.165, 1.54) is 11.1 Å². The molecule has 3 aliphatic carbocycles. The van der Waals surface area contributed by atoms with E-state index in [1.54, 1.807) is 24.3 Å². The lowest BCUT2D eigenvalue weighted by atomic mass is 9.55. The minimum Gasteiger partial charge on any atom is -0.508 e. The summed E-state index contributed by atoms with van der Waals surface area (Å²) in [6, 6.07) is 18.2. The third-order valence-corrected chi connectivity index (χ3v) is 10.3. The van der Waals surface area contributed by atoms with Crippen molar-refractivity contribution in [2.75, 3.05) is 5.32 Å². The van der Waals surface area contributed by atoms with Gasteiger partial charge in [-0.3, -0.25) is 5.43 Å². The molecule has 5 atom stereocenters. The smallest absolute Gasteiger partial charge is 0.191 e. The molecular formula is C33H36ClN3O3S. The highest BCUT2D eigenvalue weighted by atomic mass is 35.5. The number of nitrogens with one attached hydrogen (secondary N) is 2. The van der Waals surface area contributed by atoms with Crippen LogP contribution < -0.4 is 10.7 Å². The second-order valence-electron chi connectivity index (χ2n) is 12.1. The highest BCUT2D eigenvalue weighted by Gasteiger charge is 2.54. The summed E-state index contributed by atoms with van der Waals surface area (Å²) < 4.78 is 0. The number of rotatable bonds is 5. The Bertz CT molecular complexity index is 1480. The van der Waals surface area contributed by atoms with E-state index in [0.29, 0.717) is 40.0 Å². The number of aryl methyl sites for hydroxylation is 1. The van der Waals surface area contributed by atoms with Gasteiger partial charge in [-0.25, -0.2) is 0 Å². The maximum absolute atomic E-state index is 11.1. The van der Waals surface area contributed by atoms with Crippen LogP contribution in [0.5, 0.6) is 11.5 Å². The third kappa shape index (κ3) is 5.55. The second kappa shape index (κ2) is 11.3. The fourth-order valence-corrected chi connectivity index (χ4v) is 7.91. The molecule has 3 aromatic carbocycles. The van der Waals surface area contributed by atoms with Crippen molar-refractivity contribution in [1.82, 2.24) is 5.43 Å². The molecule has 0 saturated heterocycles. The molecule has 0 heterocycles. The molecule has 0 amide bonds. The van der Waals surface area contributed by atoms with E-state index in [-0.39, 0.29) is 23.0 Å². The average Bonchev–Trinajstić information content (AvgIpc) is 3.27. The van der Waals surface area contributed by atoms with E-state index in [1.807, 2.05) is 30.3 Å². The molecule has 3 aromatic rings. The summed E-state index contributed by atoms with van der Waals surface area (Å²) in [6.07, 6.45) is 6.39. The van der Waals surface area contributed by atoms with Crippen LogP contribution in [0.2, 0.25) is 5.02 Å². The lowest BCUT2D eigenvalue weighted by Gasteiger charge is -2.50. The van der Waals surface area contributed by atoms with Crippen LogP contribution in [-0.2, 0) is 12.8 Å². The first-order valence-corrected chi connectivity index (χ1v) is 15.2. The third-order valence-electron chi connectivity index (χ3n) is 9.83. The molecule has 8 heteroatoms. The van der Waals surface area contributed by atoms with Crippen molar-refractivity contribution in [2.24, 2.45) is 22.4 Å². The zero-order valence-electron chi connectivity index (χ0n) is 23.1. The maximum atomic E-state index is 11.1. The molecule has 6 rings (SSSR count). The molecule has 0 aromatic heterocycles. The first kappa shape index (κ1) is 28.0. The number of hydrogen-bond donors (Lipinski definition) is 5. The van der Waals surface area contributed by atoms with E-state index < -0.39 is 0 Å². The SMILES string of the molecule is C[C@]12CCC3c4cc(C/C(=N/NC(=S)Nc5ccc(Cl)cc5)c5ccc(O)cc5)c(O)cc4CCC3C1CC[C@@H]2O. The van der Waals surface area contributed by atoms with Gasteiger partial charge in [-0.15, -0.1) is 0 Å². The Hall–Kier alpha value is -3.13. The highest BCUT2D eigenvalue weighted by Crippen LogP contribution is 2.61. The van der Waals surface area contributed by atoms with Crippen molar-refractivity contribution < 1.29 is 15.3 Å². The molecule has 6 nitrogen and oxygen atoms in total. The largest absolute Gasteiger partial charge is 0.508 e. The highest BCUT2D eigenvalue weighted by molar-refractivity contribution is 7.80. The van der Waals surface area contributed by atoms with Crippen molar-refractivity contribution >= 4 is 40.3 Å². The van der Waals surface area contributed by atoms with Crippen LogP contribution in [0.15, 0.2) is 65.8 Å². The van der Waals surface area contributed by atoms with Gasteiger partial charge in [0.25, 0.3) is 0 Å². The normalized spacial score (nSPS) is 27.0. The van der Waals surface area contributed by atoms with Crippen molar-refractivity contribution in [1.29, 1.82) is 0 Å². The summed E-state index contributed by atoms with van der Waals surface area (Å²) in [5, 5.41) is 40.5. The predicted octanol–water partition coefficient (Wildman–Crippen LogP) is 6.90. The van der Waals surface area contributed by atoms with E-state index in [4.69, 9.17) is 23.8 Å². The van der Waals surface area contributed by atoms with E-state index in [2.05, 4.69) is 28.8 Å². The molecule has 214 valence electrons. The topological polar surface area (TPSA) is 97.1 Å². The van der Waals surface area contributed by atoms with Crippen LogP contribution >= 0.6 is 23.8 Å². The minimum absolute atomic E-state index is 0.0290. The zero-order chi connectivity index (χ0) is 28.7. The van der Waals surface area contributed by atoms with Gasteiger partial charge in [-0.05, 0) is 145 Å². The van der Waals surface area contributed by atoms with Gasteiger partial charge in [0, 0.05) is 22.7 Å². The first-order valence-electron chi connectivity index (χ1n) is 14.4. The number of halogens is 1. The number of aliphatic hydroxyl groups is 1. The monoisotopic (exact) mass is 589 g/mol.